The second kappa shape index (κ2) is 6.61. The zero-order valence-corrected chi connectivity index (χ0v) is 11.9. The number of rotatable bonds is 6. The Kier molecular flexibility index (Phi) is 4.38. The SMILES string of the molecule is NNC(CCOc1ccccc1)c1ccc2c(c1)CCO2. The van der Waals surface area contributed by atoms with E-state index in [9.17, 15) is 0 Å². The molecule has 4 nitrogen and oxygen atoms in total. The standard InChI is InChI=1S/C17H20N2O2/c18-19-16(9-11-20-15-4-2-1-3-5-15)13-6-7-17-14(12-13)8-10-21-17/h1-7,12,16,19H,8-11,18H2. The summed E-state index contributed by atoms with van der Waals surface area (Å²) in [5.41, 5.74) is 5.31. The fraction of sp³-hybridized carbons (Fsp3) is 0.294. The van der Waals surface area contributed by atoms with Crippen LogP contribution in [0.4, 0.5) is 0 Å². The molecule has 3 rings (SSSR count). The Morgan fingerprint density at radius 2 is 2.05 bits per heavy atom. The van der Waals surface area contributed by atoms with Crippen LogP contribution in [0.3, 0.4) is 0 Å². The van der Waals surface area contributed by atoms with Crippen LogP contribution in [0, 0.1) is 0 Å². The first-order valence-corrected chi connectivity index (χ1v) is 7.26. The molecule has 0 spiro atoms. The minimum Gasteiger partial charge on any atom is -0.494 e. The van der Waals surface area contributed by atoms with Crippen molar-refractivity contribution in [1.29, 1.82) is 0 Å². The first-order chi connectivity index (χ1) is 10.4. The average Bonchev–Trinajstić information content (AvgIpc) is 3.00. The van der Waals surface area contributed by atoms with E-state index in [1.165, 1.54) is 11.1 Å². The molecule has 0 fully saturated rings. The number of nitrogens with one attached hydrogen (secondary N) is 1. The molecule has 3 N–H and O–H groups in total. The fourth-order valence-electron chi connectivity index (χ4n) is 2.58. The van der Waals surface area contributed by atoms with E-state index in [1.54, 1.807) is 0 Å². The molecule has 1 unspecified atom stereocenters. The van der Waals surface area contributed by atoms with Crippen LogP contribution in [-0.4, -0.2) is 13.2 Å². The van der Waals surface area contributed by atoms with E-state index in [2.05, 4.69) is 17.6 Å². The van der Waals surface area contributed by atoms with Gasteiger partial charge in [-0.2, -0.15) is 0 Å². The molecule has 0 saturated carbocycles. The van der Waals surface area contributed by atoms with Crippen LogP contribution in [0.25, 0.3) is 0 Å². The Hall–Kier alpha value is -2.04. The summed E-state index contributed by atoms with van der Waals surface area (Å²) >= 11 is 0. The largest absolute Gasteiger partial charge is 0.494 e. The van der Waals surface area contributed by atoms with E-state index in [4.69, 9.17) is 15.3 Å². The maximum Gasteiger partial charge on any atom is 0.122 e. The third kappa shape index (κ3) is 3.35. The van der Waals surface area contributed by atoms with Crippen molar-refractivity contribution in [2.24, 2.45) is 5.84 Å². The maximum atomic E-state index is 5.73. The number of nitrogens with two attached hydrogens (primary N) is 1. The van der Waals surface area contributed by atoms with Gasteiger partial charge in [-0.25, -0.2) is 0 Å². The third-order valence-electron chi connectivity index (χ3n) is 3.74. The van der Waals surface area contributed by atoms with E-state index in [0.29, 0.717) is 6.61 Å². The van der Waals surface area contributed by atoms with Crippen LogP contribution in [0.2, 0.25) is 0 Å². The minimum absolute atomic E-state index is 0.0830. The topological polar surface area (TPSA) is 56.5 Å². The van der Waals surface area contributed by atoms with Gasteiger partial charge in [-0.15, -0.1) is 0 Å². The summed E-state index contributed by atoms with van der Waals surface area (Å²) in [6.07, 6.45) is 1.78. The first-order valence-electron chi connectivity index (χ1n) is 7.26. The van der Waals surface area contributed by atoms with Gasteiger partial charge in [-0.3, -0.25) is 11.3 Å². The highest BCUT2D eigenvalue weighted by Crippen LogP contribution is 2.29. The van der Waals surface area contributed by atoms with Crippen molar-refractivity contribution in [3.05, 3.63) is 59.7 Å². The molecule has 0 saturated heterocycles. The number of hydrogen-bond donors (Lipinski definition) is 2. The molecule has 21 heavy (non-hydrogen) atoms. The van der Waals surface area contributed by atoms with Gasteiger partial charge in [-0.05, 0) is 29.3 Å². The smallest absolute Gasteiger partial charge is 0.122 e. The highest BCUT2D eigenvalue weighted by atomic mass is 16.5. The minimum atomic E-state index is 0.0830. The van der Waals surface area contributed by atoms with Crippen molar-refractivity contribution in [2.75, 3.05) is 13.2 Å². The molecule has 1 atom stereocenters. The summed E-state index contributed by atoms with van der Waals surface area (Å²) in [6.45, 7) is 1.39. The van der Waals surface area contributed by atoms with Crippen molar-refractivity contribution < 1.29 is 9.47 Å². The molecule has 0 radical (unpaired) electrons. The zero-order valence-electron chi connectivity index (χ0n) is 11.9. The van der Waals surface area contributed by atoms with Crippen LogP contribution < -0.4 is 20.7 Å². The van der Waals surface area contributed by atoms with Gasteiger partial charge in [-0.1, -0.05) is 30.3 Å². The molecule has 0 bridgehead atoms. The summed E-state index contributed by atoms with van der Waals surface area (Å²) in [5, 5.41) is 0. The van der Waals surface area contributed by atoms with Crippen molar-refractivity contribution in [3.63, 3.8) is 0 Å². The summed E-state index contributed by atoms with van der Waals surface area (Å²) in [6, 6.07) is 16.2. The molecule has 0 aromatic heterocycles. The number of hydrazine groups is 1. The summed E-state index contributed by atoms with van der Waals surface area (Å²) < 4.78 is 11.3. The first kappa shape index (κ1) is 13.9. The number of fused-ring (bicyclic) bond motifs is 1. The molecule has 2 aromatic carbocycles. The number of benzene rings is 2. The van der Waals surface area contributed by atoms with Gasteiger partial charge in [0.05, 0.1) is 13.2 Å². The van der Waals surface area contributed by atoms with Gasteiger partial charge in [0.1, 0.15) is 11.5 Å². The van der Waals surface area contributed by atoms with Crippen LogP contribution in [0.1, 0.15) is 23.6 Å². The fourth-order valence-corrected chi connectivity index (χ4v) is 2.58. The molecule has 0 amide bonds. The van der Waals surface area contributed by atoms with Crippen molar-refractivity contribution in [2.45, 2.75) is 18.9 Å². The average molecular weight is 284 g/mol. The summed E-state index contributed by atoms with van der Waals surface area (Å²) in [5.74, 6) is 7.57. The third-order valence-corrected chi connectivity index (χ3v) is 3.74. The van der Waals surface area contributed by atoms with Crippen LogP contribution in [0.15, 0.2) is 48.5 Å². The molecule has 1 heterocycles. The van der Waals surface area contributed by atoms with Gasteiger partial charge < -0.3 is 9.47 Å². The Morgan fingerprint density at radius 3 is 2.86 bits per heavy atom. The lowest BCUT2D eigenvalue weighted by atomic mass is 10.0. The monoisotopic (exact) mass is 284 g/mol. The highest BCUT2D eigenvalue weighted by molar-refractivity contribution is 5.40. The van der Waals surface area contributed by atoms with Gasteiger partial charge in [0.2, 0.25) is 0 Å². The van der Waals surface area contributed by atoms with E-state index < -0.39 is 0 Å². The van der Waals surface area contributed by atoms with E-state index >= 15 is 0 Å². The van der Waals surface area contributed by atoms with Gasteiger partial charge in [0.15, 0.2) is 0 Å². The van der Waals surface area contributed by atoms with Gasteiger partial charge in [0, 0.05) is 18.9 Å². The molecule has 1 aliphatic rings. The molecule has 1 aliphatic heterocycles. The lowest BCUT2D eigenvalue weighted by molar-refractivity contribution is 0.287. The number of para-hydroxylation sites is 1. The molecule has 110 valence electrons. The Morgan fingerprint density at radius 1 is 1.19 bits per heavy atom. The highest BCUT2D eigenvalue weighted by Gasteiger charge is 2.16. The molecule has 0 aliphatic carbocycles. The normalized spacial score (nSPS) is 14.3. The molecule has 2 aromatic rings. The van der Waals surface area contributed by atoms with Crippen molar-refractivity contribution in [3.8, 4) is 11.5 Å². The molecular formula is C17H20N2O2. The predicted octanol–water partition coefficient (Wildman–Crippen LogP) is 2.60. The van der Waals surface area contributed by atoms with E-state index in [-0.39, 0.29) is 6.04 Å². The number of hydrogen-bond acceptors (Lipinski definition) is 4. The predicted molar refractivity (Wildman–Crippen MR) is 82.3 cm³/mol. The molecular weight excluding hydrogens is 264 g/mol. The summed E-state index contributed by atoms with van der Waals surface area (Å²) in [7, 11) is 0. The Bertz CT molecular complexity index is 587. The summed E-state index contributed by atoms with van der Waals surface area (Å²) in [4.78, 5) is 0. The van der Waals surface area contributed by atoms with Crippen LogP contribution in [-0.2, 0) is 6.42 Å². The number of ether oxygens (including phenoxy) is 2. The molecule has 4 heteroatoms. The van der Waals surface area contributed by atoms with Crippen molar-refractivity contribution >= 4 is 0 Å². The van der Waals surface area contributed by atoms with Gasteiger partial charge in [0.25, 0.3) is 0 Å². The van der Waals surface area contributed by atoms with Crippen LogP contribution >= 0.6 is 0 Å². The quantitative estimate of drug-likeness (QED) is 0.632. The maximum absolute atomic E-state index is 5.73. The van der Waals surface area contributed by atoms with Crippen LogP contribution in [0.5, 0.6) is 11.5 Å². The van der Waals surface area contributed by atoms with E-state index in [1.807, 2.05) is 36.4 Å². The second-order valence-electron chi connectivity index (χ2n) is 5.14. The zero-order chi connectivity index (χ0) is 14.5. The Labute approximate surface area is 124 Å². The van der Waals surface area contributed by atoms with E-state index in [0.717, 1.165) is 30.9 Å². The lowest BCUT2D eigenvalue weighted by Crippen LogP contribution is -2.29. The van der Waals surface area contributed by atoms with Crippen molar-refractivity contribution in [1.82, 2.24) is 5.43 Å². The Balaban J connectivity index is 1.60. The second-order valence-corrected chi connectivity index (χ2v) is 5.14. The lowest BCUT2D eigenvalue weighted by Gasteiger charge is -2.17. The van der Waals surface area contributed by atoms with Gasteiger partial charge >= 0.3 is 0 Å².